The fourth-order valence-corrected chi connectivity index (χ4v) is 6.78. The largest absolute Gasteiger partial charge is 0.337 e. The molecule has 220 valence electrons. The molecule has 3 aromatic rings. The van der Waals surface area contributed by atoms with Crippen LogP contribution in [0.4, 0.5) is 0 Å². The Bertz CT molecular complexity index is 1300. The summed E-state index contributed by atoms with van der Waals surface area (Å²) in [4.78, 5) is 18.4. The van der Waals surface area contributed by atoms with Crippen molar-refractivity contribution < 1.29 is 4.79 Å². The molecule has 5 rings (SSSR count). The van der Waals surface area contributed by atoms with Crippen molar-refractivity contribution in [2.75, 3.05) is 39.3 Å². The topological polar surface area (TPSA) is 73.6 Å². The van der Waals surface area contributed by atoms with Crippen LogP contribution in [0, 0.1) is 13.8 Å². The van der Waals surface area contributed by atoms with Gasteiger partial charge in [0.2, 0.25) is 5.91 Å². The maximum atomic E-state index is 13.7. The average molecular weight is 556 g/mol. The Balaban J connectivity index is 1.23. The minimum absolute atomic E-state index is 0.0636. The van der Waals surface area contributed by atoms with Gasteiger partial charge in [0, 0.05) is 50.3 Å². The first-order valence-electron chi connectivity index (χ1n) is 15.6. The Morgan fingerprint density at radius 1 is 1.07 bits per heavy atom. The summed E-state index contributed by atoms with van der Waals surface area (Å²) >= 11 is 0. The molecule has 0 bridgehead atoms. The second-order valence-corrected chi connectivity index (χ2v) is 12.5. The number of nitrogens with two attached hydrogens (primary N) is 1. The van der Waals surface area contributed by atoms with Crippen LogP contribution in [0.3, 0.4) is 0 Å². The highest BCUT2D eigenvalue weighted by Gasteiger charge is 2.34. The third-order valence-electron chi connectivity index (χ3n) is 9.10. The minimum atomic E-state index is 0.0636. The van der Waals surface area contributed by atoms with Gasteiger partial charge in [-0.1, -0.05) is 66.2 Å². The zero-order valence-corrected chi connectivity index (χ0v) is 25.2. The van der Waals surface area contributed by atoms with Gasteiger partial charge in [-0.05, 0) is 87.0 Å². The minimum Gasteiger partial charge on any atom is -0.337 e. The Kier molecular flexibility index (Phi) is 10.1. The van der Waals surface area contributed by atoms with Crippen LogP contribution in [0.15, 0.2) is 60.7 Å². The molecule has 0 spiro atoms. The molecule has 6 heteroatoms. The van der Waals surface area contributed by atoms with E-state index in [1.54, 1.807) is 0 Å². The number of nitrogens with one attached hydrogen (secondary N) is 2. The molecular weight excluding hydrogens is 506 g/mol. The summed E-state index contributed by atoms with van der Waals surface area (Å²) in [5, 5.41) is 9.57. The standard InChI is InChI=1S/C35H49N5O/c1-25-10-12-30(26(2)17-25)20-32(36)23-39-22-27(3)40(24-34(39)9-6-15-38-33-14-16-37-21-33)35(41)19-28-11-13-29-7-4-5-8-31(29)18-28/h4-5,7-8,10-13,17-18,27,32-34,37-38H,6,9,14-16,19-24,36H2,1-3H3/t27-,32-,33?,34+/m1/s1. The van der Waals surface area contributed by atoms with Crippen molar-refractivity contribution in [1.82, 2.24) is 20.4 Å². The Labute approximate surface area is 246 Å². The van der Waals surface area contributed by atoms with Gasteiger partial charge in [0.15, 0.2) is 0 Å². The van der Waals surface area contributed by atoms with Crippen LogP contribution in [-0.4, -0.2) is 79.1 Å². The van der Waals surface area contributed by atoms with Crippen LogP contribution in [0.5, 0.6) is 0 Å². The maximum Gasteiger partial charge on any atom is 0.227 e. The molecule has 0 aliphatic carbocycles. The first-order chi connectivity index (χ1) is 19.9. The Hall–Kier alpha value is -2.77. The number of hydrogen-bond donors (Lipinski definition) is 3. The number of carbonyl (C=O) groups is 1. The number of fused-ring (bicyclic) bond motifs is 1. The number of nitrogens with zero attached hydrogens (tertiary/aromatic N) is 2. The van der Waals surface area contributed by atoms with Crippen LogP contribution in [0.25, 0.3) is 10.8 Å². The smallest absolute Gasteiger partial charge is 0.227 e. The average Bonchev–Trinajstić information content (AvgIpc) is 3.47. The molecule has 2 aliphatic rings. The van der Waals surface area contributed by atoms with Gasteiger partial charge in [-0.25, -0.2) is 0 Å². The third kappa shape index (κ3) is 7.95. The Morgan fingerprint density at radius 2 is 1.90 bits per heavy atom. The number of carbonyl (C=O) groups excluding carboxylic acids is 1. The lowest BCUT2D eigenvalue weighted by Crippen LogP contribution is -2.61. The summed E-state index contributed by atoms with van der Waals surface area (Å²) in [5.74, 6) is 0.229. The van der Waals surface area contributed by atoms with E-state index in [0.717, 1.165) is 64.1 Å². The molecule has 4 atom stereocenters. The van der Waals surface area contributed by atoms with E-state index >= 15 is 0 Å². The van der Waals surface area contributed by atoms with E-state index in [0.29, 0.717) is 18.5 Å². The molecule has 2 heterocycles. The van der Waals surface area contributed by atoms with Gasteiger partial charge in [-0.2, -0.15) is 0 Å². The number of rotatable bonds is 11. The van der Waals surface area contributed by atoms with Gasteiger partial charge in [-0.15, -0.1) is 0 Å². The van der Waals surface area contributed by atoms with Crippen molar-refractivity contribution in [1.29, 1.82) is 0 Å². The van der Waals surface area contributed by atoms with Crippen molar-refractivity contribution in [3.63, 3.8) is 0 Å². The molecule has 1 amide bonds. The fraction of sp³-hybridized carbons (Fsp3) is 0.514. The number of benzene rings is 3. The summed E-state index contributed by atoms with van der Waals surface area (Å²) in [6.07, 6.45) is 4.70. The van der Waals surface area contributed by atoms with Gasteiger partial charge >= 0.3 is 0 Å². The lowest BCUT2D eigenvalue weighted by Gasteiger charge is -2.46. The maximum absolute atomic E-state index is 13.7. The second kappa shape index (κ2) is 13.9. The number of amides is 1. The van der Waals surface area contributed by atoms with Crippen LogP contribution in [0.2, 0.25) is 0 Å². The van der Waals surface area contributed by atoms with Gasteiger partial charge in [0.1, 0.15) is 0 Å². The van der Waals surface area contributed by atoms with E-state index in [9.17, 15) is 4.79 Å². The third-order valence-corrected chi connectivity index (χ3v) is 9.10. The molecule has 4 N–H and O–H groups in total. The van der Waals surface area contributed by atoms with Crippen molar-refractivity contribution in [3.05, 3.63) is 82.9 Å². The van der Waals surface area contributed by atoms with E-state index < -0.39 is 0 Å². The molecule has 0 aromatic heterocycles. The zero-order chi connectivity index (χ0) is 28.8. The molecule has 1 unspecified atom stereocenters. The number of aryl methyl sites for hydroxylation is 2. The molecular formula is C35H49N5O. The molecule has 0 saturated carbocycles. The van der Waals surface area contributed by atoms with E-state index in [4.69, 9.17) is 5.73 Å². The highest BCUT2D eigenvalue weighted by Crippen LogP contribution is 2.23. The molecule has 2 fully saturated rings. The van der Waals surface area contributed by atoms with E-state index in [2.05, 4.69) is 102 Å². The van der Waals surface area contributed by atoms with E-state index in [1.165, 1.54) is 33.9 Å². The first-order valence-corrected chi connectivity index (χ1v) is 15.6. The molecule has 0 radical (unpaired) electrons. The monoisotopic (exact) mass is 555 g/mol. The summed E-state index contributed by atoms with van der Waals surface area (Å²) in [5.41, 5.74) is 11.8. The van der Waals surface area contributed by atoms with Gasteiger partial charge in [-0.3, -0.25) is 9.69 Å². The van der Waals surface area contributed by atoms with Crippen LogP contribution in [-0.2, 0) is 17.6 Å². The van der Waals surface area contributed by atoms with Gasteiger partial charge in [0.05, 0.1) is 6.42 Å². The van der Waals surface area contributed by atoms with Gasteiger partial charge in [0.25, 0.3) is 0 Å². The van der Waals surface area contributed by atoms with E-state index in [1.807, 2.05) is 0 Å². The first kappa shape index (κ1) is 29.7. The number of piperazine rings is 1. The normalized spacial score (nSPS) is 22.3. The van der Waals surface area contributed by atoms with Crippen LogP contribution >= 0.6 is 0 Å². The highest BCUT2D eigenvalue weighted by atomic mass is 16.2. The summed E-state index contributed by atoms with van der Waals surface area (Å²) in [7, 11) is 0. The zero-order valence-electron chi connectivity index (χ0n) is 25.2. The molecule has 6 nitrogen and oxygen atoms in total. The fourth-order valence-electron chi connectivity index (χ4n) is 6.78. The van der Waals surface area contributed by atoms with Crippen LogP contribution in [0.1, 0.15) is 48.4 Å². The van der Waals surface area contributed by atoms with Crippen molar-refractivity contribution in [2.45, 2.75) is 77.0 Å². The van der Waals surface area contributed by atoms with Gasteiger partial charge < -0.3 is 21.3 Å². The highest BCUT2D eigenvalue weighted by molar-refractivity contribution is 5.85. The second-order valence-electron chi connectivity index (χ2n) is 12.5. The summed E-state index contributed by atoms with van der Waals surface area (Å²) in [6.45, 7) is 12.2. The molecule has 2 saturated heterocycles. The van der Waals surface area contributed by atoms with Crippen molar-refractivity contribution >= 4 is 16.7 Å². The quantitative estimate of drug-likeness (QED) is 0.309. The number of hydrogen-bond acceptors (Lipinski definition) is 5. The lowest BCUT2D eigenvalue weighted by atomic mass is 9.97. The summed E-state index contributed by atoms with van der Waals surface area (Å²) < 4.78 is 0. The predicted octanol–water partition coefficient (Wildman–Crippen LogP) is 4.20. The van der Waals surface area contributed by atoms with E-state index in [-0.39, 0.29) is 18.0 Å². The Morgan fingerprint density at radius 3 is 2.68 bits per heavy atom. The molecule has 2 aliphatic heterocycles. The van der Waals surface area contributed by atoms with Crippen LogP contribution < -0.4 is 16.4 Å². The van der Waals surface area contributed by atoms with Crippen molar-refractivity contribution in [2.24, 2.45) is 5.73 Å². The lowest BCUT2D eigenvalue weighted by molar-refractivity contribution is -0.136. The molecule has 41 heavy (non-hydrogen) atoms. The van der Waals surface area contributed by atoms with Crippen molar-refractivity contribution in [3.8, 4) is 0 Å². The predicted molar refractivity (Wildman–Crippen MR) is 170 cm³/mol. The summed E-state index contributed by atoms with van der Waals surface area (Å²) in [6, 6.07) is 22.6. The molecule has 3 aromatic carbocycles. The SMILES string of the molecule is Cc1ccc(C[C@@H](N)CN2C[C@@H](C)N(C(=O)Cc3ccc4ccccc4c3)C[C@@H]2CCCNC2CCNC2)c(C)c1.